The Bertz CT molecular complexity index is 505. The molecule has 128 valence electrons. The number of rotatable bonds is 7. The molecule has 1 fully saturated rings. The van der Waals surface area contributed by atoms with E-state index in [1.165, 1.54) is 5.56 Å². The van der Waals surface area contributed by atoms with Crippen molar-refractivity contribution < 1.29 is 9.53 Å². The quantitative estimate of drug-likeness (QED) is 0.811. The molecular formula is C18H29N3O2. The summed E-state index contributed by atoms with van der Waals surface area (Å²) in [5.74, 6) is 1.55. The summed E-state index contributed by atoms with van der Waals surface area (Å²) in [6.07, 6.45) is 2.74. The molecule has 1 unspecified atom stereocenters. The van der Waals surface area contributed by atoms with E-state index in [1.807, 2.05) is 12.1 Å². The van der Waals surface area contributed by atoms with Crippen LogP contribution in [-0.2, 0) is 6.42 Å². The van der Waals surface area contributed by atoms with E-state index in [2.05, 4.69) is 31.3 Å². The monoisotopic (exact) mass is 319 g/mol. The standard InChI is InChI=1S/C18H29N3O2/c1-14(2)8-11-23-17-5-3-4-15(12-17)6-9-20-18(22)21-10-7-16(19)13-21/h3-5,12,14,16H,6-11,13,19H2,1-2H3,(H,20,22). The van der Waals surface area contributed by atoms with Crippen molar-refractivity contribution in [3.63, 3.8) is 0 Å². The highest BCUT2D eigenvalue weighted by atomic mass is 16.5. The maximum Gasteiger partial charge on any atom is 0.317 e. The van der Waals surface area contributed by atoms with Crippen molar-refractivity contribution in [2.45, 2.75) is 39.2 Å². The molecule has 0 spiro atoms. The van der Waals surface area contributed by atoms with Gasteiger partial charge in [0.2, 0.25) is 0 Å². The number of nitrogens with zero attached hydrogens (tertiary/aromatic N) is 1. The zero-order valence-electron chi connectivity index (χ0n) is 14.3. The molecule has 2 rings (SSSR count). The average Bonchev–Trinajstić information content (AvgIpc) is 2.94. The third kappa shape index (κ3) is 6.10. The minimum Gasteiger partial charge on any atom is -0.494 e. The first kappa shape index (κ1) is 17.6. The minimum atomic E-state index is -0.0118. The number of nitrogens with two attached hydrogens (primary N) is 1. The van der Waals surface area contributed by atoms with E-state index in [1.54, 1.807) is 4.90 Å². The first-order valence-electron chi connectivity index (χ1n) is 8.54. The predicted molar refractivity (Wildman–Crippen MR) is 92.7 cm³/mol. The number of urea groups is 1. The van der Waals surface area contributed by atoms with E-state index in [9.17, 15) is 4.79 Å². The van der Waals surface area contributed by atoms with E-state index >= 15 is 0 Å². The van der Waals surface area contributed by atoms with Gasteiger partial charge in [0.15, 0.2) is 0 Å². The van der Waals surface area contributed by atoms with Crippen LogP contribution < -0.4 is 15.8 Å². The number of ether oxygens (including phenoxy) is 1. The normalized spacial score (nSPS) is 17.6. The Morgan fingerprint density at radius 3 is 3.00 bits per heavy atom. The van der Waals surface area contributed by atoms with Crippen molar-refractivity contribution in [2.24, 2.45) is 11.7 Å². The third-order valence-electron chi connectivity index (χ3n) is 4.06. The Labute approximate surface area is 139 Å². The molecule has 0 saturated carbocycles. The van der Waals surface area contributed by atoms with Crippen LogP contribution in [0, 0.1) is 5.92 Å². The Morgan fingerprint density at radius 2 is 2.30 bits per heavy atom. The van der Waals surface area contributed by atoms with Crippen molar-refractivity contribution in [1.29, 1.82) is 0 Å². The number of carbonyl (C=O) groups is 1. The molecule has 0 radical (unpaired) electrons. The molecule has 23 heavy (non-hydrogen) atoms. The highest BCUT2D eigenvalue weighted by Gasteiger charge is 2.22. The molecule has 1 aromatic carbocycles. The minimum absolute atomic E-state index is 0.0118. The molecular weight excluding hydrogens is 290 g/mol. The molecule has 2 amide bonds. The number of nitrogens with one attached hydrogen (secondary N) is 1. The number of benzene rings is 1. The lowest BCUT2D eigenvalue weighted by atomic mass is 10.1. The summed E-state index contributed by atoms with van der Waals surface area (Å²) < 4.78 is 5.77. The Morgan fingerprint density at radius 1 is 1.48 bits per heavy atom. The van der Waals surface area contributed by atoms with Crippen molar-refractivity contribution in [3.8, 4) is 5.75 Å². The summed E-state index contributed by atoms with van der Waals surface area (Å²) in [4.78, 5) is 13.8. The van der Waals surface area contributed by atoms with Gasteiger partial charge in [-0.25, -0.2) is 4.79 Å². The van der Waals surface area contributed by atoms with E-state index in [0.717, 1.165) is 38.2 Å². The first-order valence-corrected chi connectivity index (χ1v) is 8.54. The van der Waals surface area contributed by atoms with E-state index in [4.69, 9.17) is 10.5 Å². The highest BCUT2D eigenvalue weighted by Crippen LogP contribution is 2.15. The van der Waals surface area contributed by atoms with Gasteiger partial charge in [-0.1, -0.05) is 26.0 Å². The Hall–Kier alpha value is -1.75. The summed E-state index contributed by atoms with van der Waals surface area (Å²) >= 11 is 0. The molecule has 1 aliphatic rings. The Balaban J connectivity index is 1.72. The summed E-state index contributed by atoms with van der Waals surface area (Å²) in [7, 11) is 0. The van der Waals surface area contributed by atoms with Gasteiger partial charge in [0, 0.05) is 25.7 Å². The van der Waals surface area contributed by atoms with Gasteiger partial charge in [0.05, 0.1) is 6.61 Å². The van der Waals surface area contributed by atoms with Gasteiger partial charge in [0.25, 0.3) is 0 Å². The lowest BCUT2D eigenvalue weighted by molar-refractivity contribution is 0.208. The van der Waals surface area contributed by atoms with Crippen molar-refractivity contribution in [1.82, 2.24) is 10.2 Å². The summed E-state index contributed by atoms with van der Waals surface area (Å²) in [6, 6.07) is 8.21. The molecule has 1 atom stereocenters. The molecule has 1 aromatic rings. The van der Waals surface area contributed by atoms with Crippen LogP contribution in [0.5, 0.6) is 5.75 Å². The average molecular weight is 319 g/mol. The second kappa shape index (κ2) is 8.77. The second-order valence-electron chi connectivity index (χ2n) is 6.66. The molecule has 0 aliphatic carbocycles. The summed E-state index contributed by atoms with van der Waals surface area (Å²) in [6.45, 7) is 7.16. The first-order chi connectivity index (χ1) is 11.0. The maximum absolute atomic E-state index is 12.0. The van der Waals surface area contributed by atoms with Gasteiger partial charge >= 0.3 is 6.03 Å². The van der Waals surface area contributed by atoms with E-state index in [-0.39, 0.29) is 12.1 Å². The molecule has 0 aromatic heterocycles. The molecule has 1 saturated heterocycles. The van der Waals surface area contributed by atoms with E-state index < -0.39 is 0 Å². The van der Waals surface area contributed by atoms with Crippen LogP contribution in [0.4, 0.5) is 4.79 Å². The van der Waals surface area contributed by atoms with Crippen molar-refractivity contribution in [3.05, 3.63) is 29.8 Å². The third-order valence-corrected chi connectivity index (χ3v) is 4.06. The van der Waals surface area contributed by atoms with Crippen molar-refractivity contribution >= 4 is 6.03 Å². The molecule has 3 N–H and O–H groups in total. The summed E-state index contributed by atoms with van der Waals surface area (Å²) in [5.41, 5.74) is 6.99. The van der Waals surface area contributed by atoms with Crippen LogP contribution in [0.25, 0.3) is 0 Å². The number of amides is 2. The van der Waals surface area contributed by atoms with Gasteiger partial charge in [-0.3, -0.25) is 0 Å². The van der Waals surface area contributed by atoms with Crippen LogP contribution >= 0.6 is 0 Å². The van der Waals surface area contributed by atoms with Gasteiger partial charge in [0.1, 0.15) is 5.75 Å². The molecule has 0 bridgehead atoms. The fraction of sp³-hybridized carbons (Fsp3) is 0.611. The van der Waals surface area contributed by atoms with Crippen LogP contribution in [0.15, 0.2) is 24.3 Å². The lowest BCUT2D eigenvalue weighted by Gasteiger charge is -2.16. The molecule has 1 aliphatic heterocycles. The molecule has 1 heterocycles. The number of carbonyl (C=O) groups excluding carboxylic acids is 1. The highest BCUT2D eigenvalue weighted by molar-refractivity contribution is 5.74. The van der Waals surface area contributed by atoms with Gasteiger partial charge in [-0.05, 0) is 42.9 Å². The molecule has 5 nitrogen and oxygen atoms in total. The summed E-state index contributed by atoms with van der Waals surface area (Å²) in [5, 5.41) is 2.96. The fourth-order valence-electron chi connectivity index (χ4n) is 2.60. The largest absolute Gasteiger partial charge is 0.494 e. The fourth-order valence-corrected chi connectivity index (χ4v) is 2.60. The van der Waals surface area contributed by atoms with Gasteiger partial charge in [-0.15, -0.1) is 0 Å². The Kier molecular flexibility index (Phi) is 6.71. The van der Waals surface area contributed by atoms with Crippen molar-refractivity contribution in [2.75, 3.05) is 26.2 Å². The van der Waals surface area contributed by atoms with Crippen LogP contribution in [0.2, 0.25) is 0 Å². The van der Waals surface area contributed by atoms with Gasteiger partial charge in [-0.2, -0.15) is 0 Å². The van der Waals surface area contributed by atoms with Crippen LogP contribution in [0.3, 0.4) is 0 Å². The SMILES string of the molecule is CC(C)CCOc1cccc(CCNC(=O)N2CCC(N)C2)c1. The zero-order valence-corrected chi connectivity index (χ0v) is 14.3. The predicted octanol–water partition coefficient (Wildman–Crippen LogP) is 2.40. The maximum atomic E-state index is 12.0. The van der Waals surface area contributed by atoms with Crippen LogP contribution in [-0.4, -0.2) is 43.2 Å². The number of likely N-dealkylation sites (tertiary alicyclic amines) is 1. The van der Waals surface area contributed by atoms with Gasteiger partial charge < -0.3 is 20.7 Å². The smallest absolute Gasteiger partial charge is 0.317 e. The zero-order chi connectivity index (χ0) is 16.7. The van der Waals surface area contributed by atoms with Crippen LogP contribution in [0.1, 0.15) is 32.3 Å². The molecule has 5 heteroatoms. The number of hydrogen-bond acceptors (Lipinski definition) is 3. The topological polar surface area (TPSA) is 67.6 Å². The second-order valence-corrected chi connectivity index (χ2v) is 6.66. The lowest BCUT2D eigenvalue weighted by Crippen LogP contribution is -2.40. The van der Waals surface area contributed by atoms with E-state index in [0.29, 0.717) is 19.0 Å². The number of hydrogen-bond donors (Lipinski definition) is 2.